The molecule has 43 heavy (non-hydrogen) atoms. The van der Waals surface area contributed by atoms with E-state index in [2.05, 4.69) is 5.32 Å². The zero-order valence-corrected chi connectivity index (χ0v) is 24.0. The Labute approximate surface area is 264 Å². The summed E-state index contributed by atoms with van der Waals surface area (Å²) in [6.45, 7) is 1.90. The third kappa shape index (κ3) is 7.95. The van der Waals surface area contributed by atoms with E-state index in [4.69, 9.17) is 9.15 Å². The molecule has 3 aromatic carbocycles. The Hall–Kier alpha value is -3.42. The van der Waals surface area contributed by atoms with Crippen LogP contribution < -0.4 is 5.32 Å². The number of carboxylic acid groups (broad SMARTS) is 1. The molecule has 0 aliphatic rings. The van der Waals surface area contributed by atoms with Gasteiger partial charge in [0.15, 0.2) is 0 Å². The molecule has 0 fully saturated rings. The van der Waals surface area contributed by atoms with Crippen LogP contribution in [0.15, 0.2) is 83.3 Å². The molecule has 0 radical (unpaired) electrons. The summed E-state index contributed by atoms with van der Waals surface area (Å²) in [5.41, 5.74) is 2.16. The molecule has 0 bridgehead atoms. The number of aliphatic carboxylic acids is 1. The average Bonchev–Trinajstić information content (AvgIpc) is 3.45. The number of alkyl halides is 3. The minimum atomic E-state index is -4.56. The number of furan rings is 1. The molecule has 1 heterocycles. The van der Waals surface area contributed by atoms with Gasteiger partial charge in [0.2, 0.25) is 0 Å². The quantitative estimate of drug-likeness (QED) is 0.180. The van der Waals surface area contributed by atoms with Gasteiger partial charge in [0.05, 0.1) is 5.56 Å². The Balaban J connectivity index is 0.00000506. The standard InChI is InChI=1S/C32H30F3NO5S.Li.H/c1-19-8-4-5-9-21(19)24-18-20(12-13-22(24)30(37)36-26(31(38)39)16-17-42-3)29(40-2)28-15-14-27(41-28)23-10-6-7-11-25(23)32(33,34)35;;/h4-15,18,26,29H,16-17H2,1-3H3,(H,36,37)(H,38,39);;. The maximum absolute atomic E-state index is 13.6. The van der Waals surface area contributed by atoms with E-state index in [1.165, 1.54) is 43.1 Å². The van der Waals surface area contributed by atoms with Gasteiger partial charge in [0, 0.05) is 18.2 Å². The Morgan fingerprint density at radius 1 is 0.977 bits per heavy atom. The van der Waals surface area contributed by atoms with Crippen molar-refractivity contribution in [2.75, 3.05) is 19.1 Å². The van der Waals surface area contributed by atoms with Crippen molar-refractivity contribution in [2.45, 2.75) is 31.7 Å². The van der Waals surface area contributed by atoms with E-state index in [0.29, 0.717) is 16.9 Å². The Bertz CT molecular complexity index is 1570. The van der Waals surface area contributed by atoms with Crippen molar-refractivity contribution in [2.24, 2.45) is 0 Å². The van der Waals surface area contributed by atoms with E-state index in [9.17, 15) is 27.9 Å². The predicted molar refractivity (Wildman–Crippen MR) is 164 cm³/mol. The van der Waals surface area contributed by atoms with Crippen molar-refractivity contribution in [1.82, 2.24) is 5.32 Å². The van der Waals surface area contributed by atoms with E-state index in [0.717, 1.165) is 17.2 Å². The minimum absolute atomic E-state index is 0. The molecule has 11 heteroatoms. The number of thioether (sulfide) groups is 1. The molecular weight excluding hydrogens is 574 g/mol. The Kier molecular flexibility index (Phi) is 11.8. The van der Waals surface area contributed by atoms with Crippen LogP contribution in [0.1, 0.15) is 45.3 Å². The number of carbonyl (C=O) groups is 2. The first-order valence-electron chi connectivity index (χ1n) is 13.1. The molecule has 2 N–H and O–H groups in total. The normalized spacial score (nSPS) is 12.7. The molecule has 2 atom stereocenters. The summed E-state index contributed by atoms with van der Waals surface area (Å²) in [6, 6.07) is 19.6. The van der Waals surface area contributed by atoms with Gasteiger partial charge < -0.3 is 19.6 Å². The molecule has 6 nitrogen and oxygen atoms in total. The van der Waals surface area contributed by atoms with Crippen LogP contribution in [0.5, 0.6) is 0 Å². The average molecular weight is 606 g/mol. The van der Waals surface area contributed by atoms with Crippen molar-refractivity contribution in [3.8, 4) is 22.5 Å². The molecule has 1 aromatic heterocycles. The van der Waals surface area contributed by atoms with Gasteiger partial charge >= 0.3 is 31.0 Å². The zero-order chi connectivity index (χ0) is 30.4. The maximum atomic E-state index is 13.6. The molecule has 222 valence electrons. The first-order valence-corrected chi connectivity index (χ1v) is 14.5. The van der Waals surface area contributed by atoms with E-state index < -0.39 is 35.8 Å². The molecule has 0 spiro atoms. The molecule has 4 aromatic rings. The zero-order valence-electron chi connectivity index (χ0n) is 23.2. The fourth-order valence-corrected chi connectivity index (χ4v) is 5.22. The summed E-state index contributed by atoms with van der Waals surface area (Å²) in [6.07, 6.45) is -3.23. The third-order valence-corrected chi connectivity index (χ3v) is 7.50. The number of hydrogen-bond acceptors (Lipinski definition) is 5. The number of carboxylic acids is 1. The number of nitrogens with one attached hydrogen (secondary N) is 1. The number of rotatable bonds is 11. The second-order valence-electron chi connectivity index (χ2n) is 9.63. The van der Waals surface area contributed by atoms with Crippen LogP contribution in [-0.4, -0.2) is 61.0 Å². The second-order valence-corrected chi connectivity index (χ2v) is 10.6. The molecule has 4 rings (SSSR count). The number of amides is 1. The van der Waals surface area contributed by atoms with Crippen LogP contribution in [0.3, 0.4) is 0 Å². The van der Waals surface area contributed by atoms with Crippen LogP contribution in [0, 0.1) is 6.92 Å². The van der Waals surface area contributed by atoms with E-state index in [-0.39, 0.29) is 47.9 Å². The number of halogens is 3. The summed E-state index contributed by atoms with van der Waals surface area (Å²) in [7, 11) is 1.45. The number of benzene rings is 3. The molecule has 0 aliphatic carbocycles. The van der Waals surface area contributed by atoms with Crippen molar-refractivity contribution < 1.29 is 37.0 Å². The molecule has 0 saturated carbocycles. The van der Waals surface area contributed by atoms with Crippen LogP contribution in [-0.2, 0) is 15.7 Å². The summed E-state index contributed by atoms with van der Waals surface area (Å²) >= 11 is 1.49. The van der Waals surface area contributed by atoms with Gasteiger partial charge in [-0.3, -0.25) is 4.79 Å². The number of methoxy groups -OCH3 is 1. The molecule has 0 saturated heterocycles. The van der Waals surface area contributed by atoms with Crippen LogP contribution >= 0.6 is 11.8 Å². The predicted octanol–water partition coefficient (Wildman–Crippen LogP) is 6.96. The third-order valence-electron chi connectivity index (χ3n) is 6.86. The monoisotopic (exact) mass is 605 g/mol. The van der Waals surface area contributed by atoms with Gasteiger partial charge in [0.1, 0.15) is 23.7 Å². The van der Waals surface area contributed by atoms with Gasteiger partial charge in [-0.25, -0.2) is 4.79 Å². The summed E-state index contributed by atoms with van der Waals surface area (Å²) in [4.78, 5) is 25.2. The van der Waals surface area contributed by atoms with Gasteiger partial charge in [-0.2, -0.15) is 24.9 Å². The Morgan fingerprint density at radius 3 is 2.28 bits per heavy atom. The van der Waals surface area contributed by atoms with Crippen molar-refractivity contribution in [1.29, 1.82) is 0 Å². The second kappa shape index (κ2) is 14.8. The van der Waals surface area contributed by atoms with Crippen LogP contribution in [0.4, 0.5) is 13.2 Å². The van der Waals surface area contributed by atoms with E-state index in [1.54, 1.807) is 24.3 Å². The number of hydrogen-bond donors (Lipinski definition) is 2. The summed E-state index contributed by atoms with van der Waals surface area (Å²) < 4.78 is 52.5. The first-order chi connectivity index (χ1) is 20.0. The summed E-state index contributed by atoms with van der Waals surface area (Å²) in [5.74, 6) is -0.770. The topological polar surface area (TPSA) is 88.8 Å². The number of ether oxygens (including phenoxy) is 1. The fraction of sp³-hybridized carbons (Fsp3) is 0.250. The fourth-order valence-electron chi connectivity index (χ4n) is 4.75. The molecule has 1 amide bonds. The first kappa shape index (κ1) is 34.1. The van der Waals surface area contributed by atoms with Crippen molar-refractivity contribution >= 4 is 42.5 Å². The van der Waals surface area contributed by atoms with Gasteiger partial charge in [-0.1, -0.05) is 48.5 Å². The van der Waals surface area contributed by atoms with E-state index >= 15 is 0 Å². The summed E-state index contributed by atoms with van der Waals surface area (Å²) in [5, 5.41) is 12.3. The van der Waals surface area contributed by atoms with Crippen LogP contribution in [0.2, 0.25) is 0 Å². The number of carbonyl (C=O) groups excluding carboxylic acids is 1. The van der Waals surface area contributed by atoms with Crippen molar-refractivity contribution in [3.63, 3.8) is 0 Å². The van der Waals surface area contributed by atoms with Gasteiger partial charge in [0.25, 0.3) is 5.91 Å². The molecular formula is C32H31F3LiNO5S. The molecule has 2 unspecified atom stereocenters. The van der Waals surface area contributed by atoms with Crippen molar-refractivity contribution in [3.05, 3.63) is 107 Å². The number of aryl methyl sites for hydroxylation is 1. The SMILES string of the molecule is COC(c1ccc(C(=O)NC(CCSC)C(=O)O)c(-c2ccccc2C)c1)c1ccc(-c2ccccc2C(F)(F)F)o1.[LiH]. The van der Waals surface area contributed by atoms with Crippen LogP contribution in [0.25, 0.3) is 22.5 Å². The Morgan fingerprint density at radius 2 is 1.65 bits per heavy atom. The van der Waals surface area contributed by atoms with Gasteiger partial charge in [-0.15, -0.1) is 0 Å². The van der Waals surface area contributed by atoms with E-state index in [1.807, 2.05) is 37.4 Å². The molecule has 0 aliphatic heterocycles. The van der Waals surface area contributed by atoms with Gasteiger partial charge in [-0.05, 0) is 77.9 Å².